The number of rotatable bonds is 1. The Bertz CT molecular complexity index is 552. The van der Waals surface area contributed by atoms with E-state index in [2.05, 4.69) is 0 Å². The van der Waals surface area contributed by atoms with Crippen LogP contribution in [-0.4, -0.2) is 15.6 Å². The fraction of sp³-hybridized carbons (Fsp3) is 0.250. The van der Waals surface area contributed by atoms with Crippen LogP contribution >= 0.6 is 0 Å². The highest BCUT2D eigenvalue weighted by atomic mass is 16.4. The third kappa shape index (κ3) is 1.31. The van der Waals surface area contributed by atoms with Gasteiger partial charge in [-0.15, -0.1) is 0 Å². The number of aryl methyl sites for hydroxylation is 3. The molecule has 1 heterocycles. The Balaban J connectivity index is 2.93. The number of benzene rings is 1. The van der Waals surface area contributed by atoms with Crippen molar-refractivity contribution in [2.45, 2.75) is 13.8 Å². The first-order valence-electron chi connectivity index (χ1n) is 4.81. The summed E-state index contributed by atoms with van der Waals surface area (Å²) in [6.07, 6.45) is 0. The molecule has 3 nitrogen and oxygen atoms in total. The van der Waals surface area contributed by atoms with Crippen molar-refractivity contribution in [2.24, 2.45) is 7.05 Å². The minimum absolute atomic E-state index is 0.336. The largest absolute Gasteiger partial charge is 0.477 e. The molecule has 0 saturated heterocycles. The lowest BCUT2D eigenvalue weighted by molar-refractivity contribution is 0.0687. The zero-order chi connectivity index (χ0) is 11.2. The fourth-order valence-electron chi connectivity index (χ4n) is 2.00. The van der Waals surface area contributed by atoms with Crippen molar-refractivity contribution < 1.29 is 9.90 Å². The first kappa shape index (κ1) is 9.77. The molecular formula is C12H13NO2. The summed E-state index contributed by atoms with van der Waals surface area (Å²) in [7, 11) is 1.79. The first-order valence-corrected chi connectivity index (χ1v) is 4.81. The van der Waals surface area contributed by atoms with Crippen molar-refractivity contribution in [1.29, 1.82) is 0 Å². The van der Waals surface area contributed by atoms with Gasteiger partial charge in [0.05, 0.1) is 5.52 Å². The van der Waals surface area contributed by atoms with E-state index in [4.69, 9.17) is 5.11 Å². The molecule has 0 saturated carbocycles. The molecule has 2 rings (SSSR count). The minimum Gasteiger partial charge on any atom is -0.477 e. The zero-order valence-electron chi connectivity index (χ0n) is 9.03. The highest BCUT2D eigenvalue weighted by Crippen LogP contribution is 2.25. The van der Waals surface area contributed by atoms with E-state index in [1.807, 2.05) is 26.0 Å². The SMILES string of the molecule is Cc1ccc(C)c2c1cc(C(=O)O)n2C. The predicted molar refractivity (Wildman–Crippen MR) is 59.4 cm³/mol. The molecule has 0 aliphatic rings. The summed E-state index contributed by atoms with van der Waals surface area (Å²) < 4.78 is 1.74. The lowest BCUT2D eigenvalue weighted by Gasteiger charge is -2.03. The fourth-order valence-corrected chi connectivity index (χ4v) is 2.00. The molecule has 1 aromatic heterocycles. The number of hydrogen-bond donors (Lipinski definition) is 1. The maximum atomic E-state index is 11.0. The van der Waals surface area contributed by atoms with Crippen LogP contribution in [0.1, 0.15) is 21.6 Å². The van der Waals surface area contributed by atoms with E-state index >= 15 is 0 Å². The van der Waals surface area contributed by atoms with Gasteiger partial charge < -0.3 is 9.67 Å². The van der Waals surface area contributed by atoms with Gasteiger partial charge in [0.15, 0.2) is 0 Å². The van der Waals surface area contributed by atoms with Crippen molar-refractivity contribution in [3.05, 3.63) is 35.0 Å². The van der Waals surface area contributed by atoms with Crippen LogP contribution in [0, 0.1) is 13.8 Å². The van der Waals surface area contributed by atoms with Crippen LogP contribution in [0.4, 0.5) is 0 Å². The monoisotopic (exact) mass is 203 g/mol. The van der Waals surface area contributed by atoms with Gasteiger partial charge in [0, 0.05) is 12.4 Å². The van der Waals surface area contributed by atoms with Gasteiger partial charge in [0.2, 0.25) is 0 Å². The van der Waals surface area contributed by atoms with Crippen LogP contribution in [0.5, 0.6) is 0 Å². The Morgan fingerprint density at radius 2 is 1.87 bits per heavy atom. The van der Waals surface area contributed by atoms with Gasteiger partial charge in [-0.1, -0.05) is 12.1 Å². The van der Waals surface area contributed by atoms with Gasteiger partial charge in [-0.25, -0.2) is 4.79 Å². The van der Waals surface area contributed by atoms with Crippen LogP contribution in [0.3, 0.4) is 0 Å². The van der Waals surface area contributed by atoms with E-state index in [1.54, 1.807) is 17.7 Å². The number of fused-ring (bicyclic) bond motifs is 1. The molecule has 0 aliphatic heterocycles. The summed E-state index contributed by atoms with van der Waals surface area (Å²) in [5.74, 6) is -0.882. The lowest BCUT2D eigenvalue weighted by Crippen LogP contribution is -2.04. The molecule has 0 unspecified atom stereocenters. The normalized spacial score (nSPS) is 10.9. The van der Waals surface area contributed by atoms with Crippen LogP contribution in [-0.2, 0) is 7.05 Å². The molecule has 2 aromatic rings. The van der Waals surface area contributed by atoms with E-state index in [1.165, 1.54) is 0 Å². The highest BCUT2D eigenvalue weighted by Gasteiger charge is 2.14. The van der Waals surface area contributed by atoms with Gasteiger partial charge >= 0.3 is 5.97 Å². The second-order valence-electron chi connectivity index (χ2n) is 3.86. The van der Waals surface area contributed by atoms with Crippen LogP contribution in [0.25, 0.3) is 10.9 Å². The first-order chi connectivity index (χ1) is 7.02. The summed E-state index contributed by atoms with van der Waals surface area (Å²) in [5.41, 5.74) is 3.55. The summed E-state index contributed by atoms with van der Waals surface area (Å²) >= 11 is 0. The molecule has 0 radical (unpaired) electrons. The summed E-state index contributed by atoms with van der Waals surface area (Å²) in [4.78, 5) is 11.0. The summed E-state index contributed by atoms with van der Waals surface area (Å²) in [6.45, 7) is 3.99. The molecule has 0 atom stereocenters. The van der Waals surface area contributed by atoms with E-state index in [0.29, 0.717) is 5.69 Å². The maximum absolute atomic E-state index is 11.0. The van der Waals surface area contributed by atoms with E-state index < -0.39 is 5.97 Å². The number of nitrogens with zero attached hydrogens (tertiary/aromatic N) is 1. The van der Waals surface area contributed by atoms with E-state index in [0.717, 1.165) is 22.0 Å². The van der Waals surface area contributed by atoms with Gasteiger partial charge in [0.1, 0.15) is 5.69 Å². The number of hydrogen-bond acceptors (Lipinski definition) is 1. The van der Waals surface area contributed by atoms with Crippen LogP contribution < -0.4 is 0 Å². The van der Waals surface area contributed by atoms with Crippen molar-refractivity contribution in [2.75, 3.05) is 0 Å². The lowest BCUT2D eigenvalue weighted by atomic mass is 10.1. The van der Waals surface area contributed by atoms with Crippen molar-refractivity contribution >= 4 is 16.9 Å². The smallest absolute Gasteiger partial charge is 0.352 e. The quantitative estimate of drug-likeness (QED) is 0.773. The van der Waals surface area contributed by atoms with Gasteiger partial charge in [0.25, 0.3) is 0 Å². The number of carbonyl (C=O) groups is 1. The summed E-state index contributed by atoms with van der Waals surface area (Å²) in [6, 6.07) is 5.77. The second kappa shape index (κ2) is 3.12. The van der Waals surface area contributed by atoms with Crippen molar-refractivity contribution in [3.63, 3.8) is 0 Å². The Labute approximate surface area is 87.9 Å². The third-order valence-corrected chi connectivity index (χ3v) is 2.83. The standard InChI is InChI=1S/C12H13NO2/c1-7-4-5-8(2)11-9(7)6-10(12(14)15)13(11)3/h4-6H,1-3H3,(H,14,15). The van der Waals surface area contributed by atoms with Crippen LogP contribution in [0.2, 0.25) is 0 Å². The maximum Gasteiger partial charge on any atom is 0.352 e. The second-order valence-corrected chi connectivity index (χ2v) is 3.86. The van der Waals surface area contributed by atoms with E-state index in [-0.39, 0.29) is 0 Å². The third-order valence-electron chi connectivity index (χ3n) is 2.83. The highest BCUT2D eigenvalue weighted by molar-refractivity contribution is 5.96. The average molecular weight is 203 g/mol. The Kier molecular flexibility index (Phi) is 2.03. The van der Waals surface area contributed by atoms with Crippen molar-refractivity contribution in [3.8, 4) is 0 Å². The van der Waals surface area contributed by atoms with Crippen molar-refractivity contribution in [1.82, 2.24) is 4.57 Å². The topological polar surface area (TPSA) is 42.2 Å². The van der Waals surface area contributed by atoms with Gasteiger partial charge in [-0.05, 0) is 31.0 Å². The Hall–Kier alpha value is -1.77. The molecule has 3 heteroatoms. The minimum atomic E-state index is -0.882. The molecule has 0 aliphatic carbocycles. The van der Waals surface area contributed by atoms with Gasteiger partial charge in [-0.2, -0.15) is 0 Å². The molecule has 1 N–H and O–H groups in total. The molecule has 1 aromatic carbocycles. The average Bonchev–Trinajstić information content (AvgIpc) is 2.51. The molecule has 0 amide bonds. The van der Waals surface area contributed by atoms with Gasteiger partial charge in [-0.3, -0.25) is 0 Å². The molecule has 0 bridgehead atoms. The predicted octanol–water partition coefficient (Wildman–Crippen LogP) is 2.49. The molecular weight excluding hydrogens is 190 g/mol. The number of aromatic carboxylic acids is 1. The Morgan fingerprint density at radius 1 is 1.27 bits per heavy atom. The number of carboxylic acids is 1. The Morgan fingerprint density at radius 3 is 2.40 bits per heavy atom. The molecule has 0 fully saturated rings. The molecule has 0 spiro atoms. The summed E-state index contributed by atoms with van der Waals surface area (Å²) in [5, 5.41) is 10.1. The molecule has 15 heavy (non-hydrogen) atoms. The number of aromatic nitrogens is 1. The molecule has 78 valence electrons. The zero-order valence-corrected chi connectivity index (χ0v) is 9.03. The number of carboxylic acid groups (broad SMARTS) is 1. The van der Waals surface area contributed by atoms with E-state index in [9.17, 15) is 4.79 Å². The van der Waals surface area contributed by atoms with Crippen LogP contribution in [0.15, 0.2) is 18.2 Å².